The fraction of sp³-hybridized carbons (Fsp3) is 0.111. The van der Waals surface area contributed by atoms with Crippen LogP contribution in [0.4, 0.5) is 5.88 Å². The molecular formula is C9H7NO4. The summed E-state index contributed by atoms with van der Waals surface area (Å²) in [6.45, 7) is 0. The molecular weight excluding hydrogens is 186 g/mol. The van der Waals surface area contributed by atoms with Crippen molar-refractivity contribution in [2.24, 2.45) is 0 Å². The van der Waals surface area contributed by atoms with E-state index in [-0.39, 0.29) is 5.88 Å². The second-order valence-corrected chi connectivity index (χ2v) is 2.72. The number of furan rings is 1. The van der Waals surface area contributed by atoms with Gasteiger partial charge in [-0.15, -0.1) is 0 Å². The van der Waals surface area contributed by atoms with E-state index in [0.29, 0.717) is 16.7 Å². The first kappa shape index (κ1) is 8.55. The van der Waals surface area contributed by atoms with Crippen molar-refractivity contribution in [2.45, 2.75) is 0 Å². The number of hydrogen-bond donors (Lipinski definition) is 0. The molecule has 0 unspecified atom stereocenters. The molecule has 0 spiro atoms. The minimum Gasteiger partial charge on any atom is -0.493 e. The van der Waals surface area contributed by atoms with Gasteiger partial charge in [0.15, 0.2) is 11.3 Å². The van der Waals surface area contributed by atoms with Crippen LogP contribution in [0.1, 0.15) is 0 Å². The van der Waals surface area contributed by atoms with Gasteiger partial charge in [-0.3, -0.25) is 10.1 Å². The summed E-state index contributed by atoms with van der Waals surface area (Å²) in [5.41, 5.74) is 0.404. The van der Waals surface area contributed by atoms with Gasteiger partial charge in [0.25, 0.3) is 0 Å². The molecule has 2 rings (SSSR count). The Kier molecular flexibility index (Phi) is 1.85. The molecule has 0 N–H and O–H groups in total. The van der Waals surface area contributed by atoms with E-state index in [0.717, 1.165) is 0 Å². The highest BCUT2D eigenvalue weighted by Crippen LogP contribution is 2.31. The lowest BCUT2D eigenvalue weighted by atomic mass is 10.2. The van der Waals surface area contributed by atoms with Gasteiger partial charge < -0.3 is 9.15 Å². The SMILES string of the molecule is COc1cccc2cc([N+](=O)[O-])oc12. The van der Waals surface area contributed by atoms with E-state index in [1.54, 1.807) is 18.2 Å². The Labute approximate surface area is 79.0 Å². The summed E-state index contributed by atoms with van der Waals surface area (Å²) in [5.74, 6) is 0.222. The minimum atomic E-state index is -0.570. The van der Waals surface area contributed by atoms with E-state index >= 15 is 0 Å². The quantitative estimate of drug-likeness (QED) is 0.542. The number of nitro groups is 1. The molecule has 14 heavy (non-hydrogen) atoms. The highest BCUT2D eigenvalue weighted by molar-refractivity contribution is 5.84. The largest absolute Gasteiger partial charge is 0.493 e. The molecule has 1 aromatic carbocycles. The Balaban J connectivity index is 2.70. The van der Waals surface area contributed by atoms with Crippen LogP contribution >= 0.6 is 0 Å². The molecule has 0 saturated heterocycles. The summed E-state index contributed by atoms with van der Waals surface area (Å²) < 4.78 is 10.0. The zero-order valence-electron chi connectivity index (χ0n) is 7.39. The average Bonchev–Trinajstić information content (AvgIpc) is 2.60. The first-order valence-electron chi connectivity index (χ1n) is 3.93. The molecule has 72 valence electrons. The molecule has 0 aliphatic carbocycles. The normalized spacial score (nSPS) is 10.4. The fourth-order valence-corrected chi connectivity index (χ4v) is 1.27. The number of fused-ring (bicyclic) bond motifs is 1. The van der Waals surface area contributed by atoms with Gasteiger partial charge in [0.2, 0.25) is 0 Å². The van der Waals surface area contributed by atoms with E-state index in [1.165, 1.54) is 13.2 Å². The van der Waals surface area contributed by atoms with E-state index < -0.39 is 4.92 Å². The Morgan fingerprint density at radius 2 is 2.29 bits per heavy atom. The maximum atomic E-state index is 10.4. The molecule has 2 aromatic rings. The number of benzene rings is 1. The van der Waals surface area contributed by atoms with Gasteiger partial charge in [0.05, 0.1) is 13.2 Å². The zero-order valence-corrected chi connectivity index (χ0v) is 7.39. The molecule has 1 heterocycles. The number of nitrogens with zero attached hydrogens (tertiary/aromatic N) is 1. The predicted molar refractivity (Wildman–Crippen MR) is 49.4 cm³/mol. The van der Waals surface area contributed by atoms with Gasteiger partial charge in [0, 0.05) is 5.39 Å². The third kappa shape index (κ3) is 1.19. The van der Waals surface area contributed by atoms with Gasteiger partial charge in [-0.05, 0) is 6.07 Å². The molecule has 1 aromatic heterocycles. The Morgan fingerprint density at radius 1 is 1.50 bits per heavy atom. The standard InChI is InChI=1S/C9H7NO4/c1-13-7-4-2-3-6-5-8(10(11)12)14-9(6)7/h2-5H,1H3. The zero-order chi connectivity index (χ0) is 10.1. The number of para-hydroxylation sites is 1. The first-order chi connectivity index (χ1) is 6.72. The van der Waals surface area contributed by atoms with Gasteiger partial charge in [-0.25, -0.2) is 0 Å². The number of methoxy groups -OCH3 is 1. The first-order valence-corrected chi connectivity index (χ1v) is 3.93. The van der Waals surface area contributed by atoms with E-state index in [1.807, 2.05) is 0 Å². The van der Waals surface area contributed by atoms with Crippen molar-refractivity contribution in [2.75, 3.05) is 7.11 Å². The molecule has 0 bridgehead atoms. The monoisotopic (exact) mass is 193 g/mol. The average molecular weight is 193 g/mol. The molecule has 0 fully saturated rings. The molecule has 0 aliphatic heterocycles. The summed E-state index contributed by atoms with van der Waals surface area (Å²) in [5, 5.41) is 11.1. The minimum absolute atomic E-state index is 0.274. The van der Waals surface area contributed by atoms with Crippen LogP contribution in [0.5, 0.6) is 5.75 Å². The number of hydrogen-bond acceptors (Lipinski definition) is 4. The van der Waals surface area contributed by atoms with Crippen molar-refractivity contribution in [3.63, 3.8) is 0 Å². The third-order valence-corrected chi connectivity index (χ3v) is 1.89. The third-order valence-electron chi connectivity index (χ3n) is 1.89. The molecule has 5 nitrogen and oxygen atoms in total. The molecule has 0 radical (unpaired) electrons. The van der Waals surface area contributed by atoms with Gasteiger partial charge in [-0.1, -0.05) is 12.1 Å². The second-order valence-electron chi connectivity index (χ2n) is 2.72. The highest BCUT2D eigenvalue weighted by atomic mass is 16.6. The molecule has 0 atom stereocenters. The van der Waals surface area contributed by atoms with Crippen molar-refractivity contribution in [1.82, 2.24) is 0 Å². The lowest BCUT2D eigenvalue weighted by Crippen LogP contribution is -1.83. The van der Waals surface area contributed by atoms with Crippen molar-refractivity contribution < 1.29 is 14.1 Å². The summed E-state index contributed by atoms with van der Waals surface area (Å²) in [4.78, 5) is 9.87. The van der Waals surface area contributed by atoms with Crippen LogP contribution in [0.25, 0.3) is 11.0 Å². The lowest BCUT2D eigenvalue weighted by Gasteiger charge is -1.97. The second kappa shape index (κ2) is 3.02. The van der Waals surface area contributed by atoms with Crippen LogP contribution in [-0.4, -0.2) is 12.0 Å². The van der Waals surface area contributed by atoms with Crippen LogP contribution in [0, 0.1) is 10.1 Å². The van der Waals surface area contributed by atoms with Crippen molar-refractivity contribution in [3.05, 3.63) is 34.4 Å². The molecule has 5 heteroatoms. The summed E-state index contributed by atoms with van der Waals surface area (Å²) in [6, 6.07) is 6.54. The van der Waals surface area contributed by atoms with E-state index in [4.69, 9.17) is 9.15 Å². The maximum Gasteiger partial charge on any atom is 0.434 e. The van der Waals surface area contributed by atoms with Crippen molar-refractivity contribution >= 4 is 16.9 Å². The topological polar surface area (TPSA) is 65.5 Å². The Bertz CT molecular complexity index is 489. The van der Waals surface area contributed by atoms with Crippen LogP contribution in [0.15, 0.2) is 28.7 Å². The molecule has 0 amide bonds. The molecule has 0 saturated carbocycles. The van der Waals surface area contributed by atoms with Crippen LogP contribution < -0.4 is 4.74 Å². The van der Waals surface area contributed by atoms with Gasteiger partial charge >= 0.3 is 5.88 Å². The fourth-order valence-electron chi connectivity index (χ4n) is 1.27. The highest BCUT2D eigenvalue weighted by Gasteiger charge is 2.15. The van der Waals surface area contributed by atoms with Crippen molar-refractivity contribution in [3.8, 4) is 5.75 Å². The van der Waals surface area contributed by atoms with E-state index in [9.17, 15) is 10.1 Å². The summed E-state index contributed by atoms with van der Waals surface area (Å²) >= 11 is 0. The smallest absolute Gasteiger partial charge is 0.434 e. The Hall–Kier alpha value is -2.04. The van der Waals surface area contributed by atoms with Gasteiger partial charge in [0.1, 0.15) is 4.92 Å². The van der Waals surface area contributed by atoms with Crippen LogP contribution in [0.2, 0.25) is 0 Å². The number of ether oxygens (including phenoxy) is 1. The van der Waals surface area contributed by atoms with Crippen LogP contribution in [0.3, 0.4) is 0 Å². The van der Waals surface area contributed by atoms with Crippen molar-refractivity contribution in [1.29, 1.82) is 0 Å². The molecule has 0 aliphatic rings. The van der Waals surface area contributed by atoms with E-state index in [2.05, 4.69) is 0 Å². The number of rotatable bonds is 2. The summed E-state index contributed by atoms with van der Waals surface area (Å²) in [6.07, 6.45) is 0. The predicted octanol–water partition coefficient (Wildman–Crippen LogP) is 2.35. The van der Waals surface area contributed by atoms with Crippen LogP contribution in [-0.2, 0) is 0 Å². The van der Waals surface area contributed by atoms with Gasteiger partial charge in [-0.2, -0.15) is 0 Å². The summed E-state index contributed by atoms with van der Waals surface area (Å²) in [7, 11) is 1.49. The lowest BCUT2D eigenvalue weighted by molar-refractivity contribution is -0.401. The maximum absolute atomic E-state index is 10.4. The Morgan fingerprint density at radius 3 is 2.93 bits per heavy atom.